The van der Waals surface area contributed by atoms with Gasteiger partial charge in [-0.1, -0.05) is 0 Å². The third-order valence-corrected chi connectivity index (χ3v) is 3.71. The second-order valence-electron chi connectivity index (χ2n) is 5.24. The fourth-order valence-electron chi connectivity index (χ4n) is 0.442. The molecule has 0 aromatic heterocycles. The van der Waals surface area contributed by atoms with Crippen molar-refractivity contribution in [3.05, 3.63) is 7.43 Å². The molecule has 0 spiro atoms. The summed E-state index contributed by atoms with van der Waals surface area (Å²) in [6.45, 7) is 6.44. The molecule has 0 aliphatic carbocycles. The Labute approximate surface area is 164 Å². The molecule has 0 aliphatic rings. The standard InChI is InChI=1S/C5H11N.2C3H2F6O.CH3.Nb/c1-4-5(2,3)6;2*4-2(5,6)1(10)3(7,8)9;;/h4H2,1-3H3;2*1,10H;1H3;/q;;;-1;. The number of halogens is 12. The predicted octanol–water partition coefficient (Wildman–Crippen LogP) is 5.30. The largest absolute Gasteiger partial charge is 0.423 e. The van der Waals surface area contributed by atoms with Gasteiger partial charge in [-0.15, -0.1) is 0 Å². The Morgan fingerprint density at radius 2 is 0.857 bits per heavy atom. The predicted molar refractivity (Wildman–Crippen MR) is 69.4 cm³/mol. The first-order valence-corrected chi connectivity index (χ1v) is 7.41. The van der Waals surface area contributed by atoms with E-state index < -0.39 is 36.9 Å². The number of alkyl halides is 12. The molecule has 0 fully saturated rings. The number of hydrogen-bond acceptors (Lipinski definition) is 3. The Hall–Kier alpha value is -0.380. The van der Waals surface area contributed by atoms with Gasteiger partial charge in [0.25, 0.3) is 0 Å². The third-order valence-electron chi connectivity index (χ3n) is 2.38. The zero-order valence-electron chi connectivity index (χ0n) is 14.7. The molecule has 2 N–H and O–H groups in total. The summed E-state index contributed by atoms with van der Waals surface area (Å²) in [5.74, 6) is 0. The second-order valence-corrected chi connectivity index (χ2v) is 5.73. The van der Waals surface area contributed by atoms with Crippen LogP contribution < -0.4 is 0 Å². The van der Waals surface area contributed by atoms with E-state index in [1.165, 1.54) is 0 Å². The Morgan fingerprint density at radius 3 is 0.857 bits per heavy atom. The van der Waals surface area contributed by atoms with E-state index in [-0.39, 0.29) is 13.0 Å². The van der Waals surface area contributed by atoms with E-state index in [2.05, 4.69) is 24.1 Å². The van der Waals surface area contributed by atoms with Crippen LogP contribution in [0.1, 0.15) is 27.2 Å². The van der Waals surface area contributed by atoms with Crippen molar-refractivity contribution in [2.45, 2.75) is 69.6 Å². The molecule has 0 rings (SSSR count). The van der Waals surface area contributed by atoms with Crippen molar-refractivity contribution in [1.82, 2.24) is 0 Å². The van der Waals surface area contributed by atoms with Crippen molar-refractivity contribution in [2.75, 3.05) is 0 Å². The fraction of sp³-hybridized carbons (Fsp3) is 0.917. The van der Waals surface area contributed by atoms with Gasteiger partial charge in [-0.25, -0.2) is 0 Å². The van der Waals surface area contributed by atoms with Gasteiger partial charge < -0.3 is 17.6 Å². The van der Waals surface area contributed by atoms with Gasteiger partial charge >= 0.3 is 81.7 Å². The zero-order chi connectivity index (χ0) is 23.1. The molecule has 0 aromatic carbocycles. The first kappa shape index (κ1) is 35.1. The average Bonchev–Trinajstić information content (AvgIpc) is 2.43. The number of aliphatic hydroxyl groups is 2. The van der Waals surface area contributed by atoms with Gasteiger partial charge in [-0.05, 0) is 0 Å². The molecule has 0 aliphatic heterocycles. The van der Waals surface area contributed by atoms with Crippen molar-refractivity contribution < 1.29 is 83.8 Å². The number of aliphatic hydroxyl groups excluding tert-OH is 2. The van der Waals surface area contributed by atoms with Crippen LogP contribution in [0.4, 0.5) is 52.7 Å². The van der Waals surface area contributed by atoms with E-state index in [4.69, 9.17) is 10.2 Å². The van der Waals surface area contributed by atoms with Gasteiger partial charge in [0.1, 0.15) is 0 Å². The maximum atomic E-state index is 11.0. The summed E-state index contributed by atoms with van der Waals surface area (Å²) >= 11 is 1.55. The van der Waals surface area contributed by atoms with Crippen LogP contribution in [0.3, 0.4) is 0 Å². The van der Waals surface area contributed by atoms with Crippen LogP contribution in [-0.2, 0) is 20.9 Å². The monoisotopic (exact) mass is 529 g/mol. The number of nitrogens with zero attached hydrogens (tertiary/aromatic N) is 1. The van der Waals surface area contributed by atoms with E-state index in [0.717, 1.165) is 6.42 Å². The van der Waals surface area contributed by atoms with Crippen LogP contribution in [0, 0.1) is 7.43 Å². The summed E-state index contributed by atoms with van der Waals surface area (Å²) in [5, 5.41) is 14.9. The van der Waals surface area contributed by atoms with Crippen molar-refractivity contribution in [2.24, 2.45) is 3.34 Å². The van der Waals surface area contributed by atoms with Gasteiger partial charge in [-0.2, -0.15) is 52.7 Å². The fourth-order valence-corrected chi connectivity index (χ4v) is 0.789. The minimum atomic E-state index is -5.63. The normalized spacial score (nSPS) is 13.1. The molecular formula is C12H18F12NNbO2-. The third kappa shape index (κ3) is 17.7. The van der Waals surface area contributed by atoms with Gasteiger partial charge in [0.15, 0.2) is 0 Å². The minimum absolute atomic E-state index is 0. The molecule has 3 nitrogen and oxygen atoms in total. The molecular weight excluding hydrogens is 511 g/mol. The first-order valence-electron chi connectivity index (χ1n) is 6.42. The maximum Gasteiger partial charge on any atom is 0.423 e. The molecule has 28 heavy (non-hydrogen) atoms. The number of rotatable bonds is 2. The van der Waals surface area contributed by atoms with E-state index in [9.17, 15) is 52.7 Å². The topological polar surface area (TPSA) is 52.8 Å². The molecule has 0 aromatic rings. The van der Waals surface area contributed by atoms with Gasteiger partial charge in [0.05, 0.1) is 0 Å². The van der Waals surface area contributed by atoms with Crippen LogP contribution in [0.15, 0.2) is 3.34 Å². The smallest absolute Gasteiger partial charge is 0.377 e. The Balaban J connectivity index is -0.000000154. The van der Waals surface area contributed by atoms with Crippen LogP contribution >= 0.6 is 0 Å². The molecule has 173 valence electrons. The molecule has 0 heterocycles. The zero-order valence-corrected chi connectivity index (χ0v) is 16.9. The van der Waals surface area contributed by atoms with Gasteiger partial charge in [0.2, 0.25) is 12.2 Å². The van der Waals surface area contributed by atoms with Crippen LogP contribution in [0.5, 0.6) is 0 Å². The van der Waals surface area contributed by atoms with Crippen molar-refractivity contribution >= 4 is 0 Å². The van der Waals surface area contributed by atoms with E-state index in [1.807, 2.05) is 0 Å². The SMILES string of the molecule is CCC(C)(C)[N]=[Nb].OC(C(F)(F)F)C(F)(F)F.OC(C(F)(F)F)C(F)(F)F.[CH3-]. The maximum absolute atomic E-state index is 11.0. The van der Waals surface area contributed by atoms with Gasteiger partial charge in [-0.3, -0.25) is 0 Å². The number of hydrogen-bond donors (Lipinski definition) is 2. The van der Waals surface area contributed by atoms with Gasteiger partial charge in [0, 0.05) is 0 Å². The first-order chi connectivity index (χ1) is 11.4. The molecule has 0 radical (unpaired) electrons. The summed E-state index contributed by atoms with van der Waals surface area (Å²) < 4.78 is 136. The Bertz CT molecular complexity index is 370. The summed E-state index contributed by atoms with van der Waals surface area (Å²) in [6.07, 6.45) is -29.8. The van der Waals surface area contributed by atoms with Crippen molar-refractivity contribution in [1.29, 1.82) is 0 Å². The van der Waals surface area contributed by atoms with Crippen LogP contribution in [0.2, 0.25) is 0 Å². The van der Waals surface area contributed by atoms with Crippen LogP contribution in [0.25, 0.3) is 0 Å². The summed E-state index contributed by atoms with van der Waals surface area (Å²) in [6, 6.07) is 0. The molecule has 16 heteroatoms. The molecule has 0 unspecified atom stereocenters. The second kappa shape index (κ2) is 12.3. The van der Waals surface area contributed by atoms with Crippen LogP contribution in [-0.4, -0.2) is 52.7 Å². The summed E-state index contributed by atoms with van der Waals surface area (Å²) in [7, 11) is 0. The molecule has 0 amide bonds. The molecule has 0 saturated carbocycles. The van der Waals surface area contributed by atoms with Crippen molar-refractivity contribution in [3.63, 3.8) is 0 Å². The summed E-state index contributed by atoms with van der Waals surface area (Å²) in [4.78, 5) is 0. The average molecular weight is 529 g/mol. The molecule has 0 saturated heterocycles. The molecule has 0 atom stereocenters. The van der Waals surface area contributed by atoms with Crippen molar-refractivity contribution in [3.8, 4) is 0 Å². The quantitative estimate of drug-likeness (QED) is 0.290. The Morgan fingerprint density at radius 1 is 0.679 bits per heavy atom. The van der Waals surface area contributed by atoms with E-state index in [1.54, 1.807) is 20.9 Å². The minimum Gasteiger partial charge on any atom is -0.377 e. The Kier molecular flexibility index (Phi) is 15.5. The van der Waals surface area contributed by atoms with E-state index in [0.29, 0.717) is 0 Å². The molecule has 0 bridgehead atoms. The summed E-state index contributed by atoms with van der Waals surface area (Å²) in [5.41, 5.74) is 0.231. The van der Waals surface area contributed by atoms with E-state index >= 15 is 0 Å².